The fraction of sp³-hybridized carbons (Fsp3) is 0.125. The molecule has 2 N–H and O–H groups in total. The maximum atomic E-state index is 13.1. The highest BCUT2D eigenvalue weighted by atomic mass is 19.1. The molecule has 0 aliphatic carbocycles. The Hall–Kier alpha value is -4.18. The monoisotopic (exact) mass is 413 g/mol. The molecule has 0 atom stereocenters. The van der Waals surface area contributed by atoms with E-state index in [1.807, 2.05) is 24.5 Å². The molecule has 4 aromatic rings. The molecule has 0 spiro atoms. The number of halogens is 1. The summed E-state index contributed by atoms with van der Waals surface area (Å²) in [6.07, 6.45) is 8.77. The molecule has 7 heteroatoms. The predicted molar refractivity (Wildman–Crippen MR) is 115 cm³/mol. The number of nitrogens with zero attached hydrogens (tertiary/aromatic N) is 3. The van der Waals surface area contributed by atoms with Crippen LogP contribution in [0.25, 0.3) is 5.69 Å². The summed E-state index contributed by atoms with van der Waals surface area (Å²) in [4.78, 5) is 12.6. The van der Waals surface area contributed by atoms with Crippen LogP contribution in [0, 0.1) is 17.7 Å². The van der Waals surface area contributed by atoms with E-state index in [0.717, 1.165) is 24.1 Å². The van der Waals surface area contributed by atoms with Gasteiger partial charge < -0.3 is 5.32 Å². The number of rotatable bonds is 6. The zero-order valence-corrected chi connectivity index (χ0v) is 16.7. The highest BCUT2D eigenvalue weighted by Gasteiger charge is 2.10. The molecule has 2 aromatic heterocycles. The molecule has 4 rings (SSSR count). The molecular weight excluding hydrogens is 393 g/mol. The van der Waals surface area contributed by atoms with Crippen molar-refractivity contribution in [3.05, 3.63) is 101 Å². The van der Waals surface area contributed by atoms with Gasteiger partial charge in [-0.1, -0.05) is 11.8 Å². The molecule has 0 unspecified atom stereocenters. The maximum absolute atomic E-state index is 13.1. The van der Waals surface area contributed by atoms with Gasteiger partial charge >= 0.3 is 0 Å². The topological polar surface area (TPSA) is 75.6 Å². The Bertz CT molecular complexity index is 1200. The summed E-state index contributed by atoms with van der Waals surface area (Å²) in [6, 6.07) is 13.1. The second-order valence-corrected chi connectivity index (χ2v) is 6.91. The Morgan fingerprint density at radius 2 is 2.03 bits per heavy atom. The third kappa shape index (κ3) is 5.25. The van der Waals surface area contributed by atoms with Crippen LogP contribution < -0.4 is 5.32 Å². The van der Waals surface area contributed by atoms with Crippen LogP contribution in [0.15, 0.2) is 73.3 Å². The molecule has 31 heavy (non-hydrogen) atoms. The molecule has 0 aliphatic rings. The van der Waals surface area contributed by atoms with E-state index in [2.05, 4.69) is 32.5 Å². The van der Waals surface area contributed by atoms with Crippen molar-refractivity contribution in [2.75, 3.05) is 6.54 Å². The maximum Gasteiger partial charge on any atom is 0.251 e. The highest BCUT2D eigenvalue weighted by Crippen LogP contribution is 2.16. The Morgan fingerprint density at radius 1 is 1.16 bits per heavy atom. The van der Waals surface area contributed by atoms with Crippen LogP contribution in [0.4, 0.5) is 4.39 Å². The Labute approximate surface area is 179 Å². The minimum Gasteiger partial charge on any atom is -0.352 e. The fourth-order valence-electron chi connectivity index (χ4n) is 3.07. The molecule has 2 heterocycles. The van der Waals surface area contributed by atoms with E-state index in [1.165, 1.54) is 12.1 Å². The molecule has 1 amide bonds. The zero-order valence-electron chi connectivity index (χ0n) is 16.7. The SMILES string of the molecule is O=C(NCCCc1cn[nH]c1)c1ccc(-n2cccn2)c(C#Cc2ccc(F)cc2)c1. The van der Waals surface area contributed by atoms with Gasteiger partial charge in [0.05, 0.1) is 17.4 Å². The van der Waals surface area contributed by atoms with Gasteiger partial charge in [0.2, 0.25) is 0 Å². The first kappa shape index (κ1) is 20.1. The predicted octanol–water partition coefficient (Wildman–Crippen LogP) is 3.50. The number of aromatic nitrogens is 4. The van der Waals surface area contributed by atoms with Crippen molar-refractivity contribution in [1.82, 2.24) is 25.3 Å². The van der Waals surface area contributed by atoms with Gasteiger partial charge in [-0.05, 0) is 66.9 Å². The first-order valence-corrected chi connectivity index (χ1v) is 9.86. The number of H-pyrrole nitrogens is 1. The number of benzene rings is 2. The average Bonchev–Trinajstić information content (AvgIpc) is 3.50. The van der Waals surface area contributed by atoms with E-state index >= 15 is 0 Å². The standard InChI is InChI=1S/C24H20FN5O/c25-22-9-5-18(6-10-22)4-7-20-15-21(8-11-23(20)30-14-2-13-29-30)24(31)26-12-1-3-19-16-27-28-17-19/h2,5-6,8-11,13-17H,1,3,12H2,(H,26,31)(H,27,28). The molecule has 0 radical (unpaired) electrons. The minimum absolute atomic E-state index is 0.163. The van der Waals surface area contributed by atoms with Crippen LogP contribution in [0.2, 0.25) is 0 Å². The largest absolute Gasteiger partial charge is 0.352 e. The Kier molecular flexibility index (Phi) is 6.19. The third-order valence-corrected chi connectivity index (χ3v) is 4.68. The molecular formula is C24H20FN5O. The van der Waals surface area contributed by atoms with E-state index in [1.54, 1.807) is 41.3 Å². The Balaban J connectivity index is 1.52. The zero-order chi connectivity index (χ0) is 21.5. The van der Waals surface area contributed by atoms with Crippen LogP contribution in [0.1, 0.15) is 33.5 Å². The van der Waals surface area contributed by atoms with Gasteiger partial charge in [0.25, 0.3) is 5.91 Å². The number of aromatic amines is 1. The first-order chi connectivity index (χ1) is 15.2. The average molecular weight is 413 g/mol. The van der Waals surface area contributed by atoms with Gasteiger partial charge in [0.15, 0.2) is 0 Å². The number of aryl methyl sites for hydroxylation is 1. The number of carbonyl (C=O) groups is 1. The summed E-state index contributed by atoms with van der Waals surface area (Å²) in [5.41, 5.74) is 3.72. The Morgan fingerprint density at radius 3 is 2.77 bits per heavy atom. The summed E-state index contributed by atoms with van der Waals surface area (Å²) in [5, 5.41) is 13.9. The molecule has 6 nitrogen and oxygen atoms in total. The molecule has 154 valence electrons. The normalized spacial score (nSPS) is 10.4. The minimum atomic E-state index is -0.311. The van der Waals surface area contributed by atoms with Gasteiger partial charge in [-0.2, -0.15) is 10.2 Å². The molecule has 0 saturated carbocycles. The van der Waals surface area contributed by atoms with Crippen molar-refractivity contribution in [3.63, 3.8) is 0 Å². The van der Waals surface area contributed by atoms with Crippen LogP contribution in [-0.4, -0.2) is 32.4 Å². The molecule has 2 aromatic carbocycles. The van der Waals surface area contributed by atoms with Gasteiger partial charge in [0.1, 0.15) is 5.82 Å². The van der Waals surface area contributed by atoms with Crippen LogP contribution in [-0.2, 0) is 6.42 Å². The lowest BCUT2D eigenvalue weighted by molar-refractivity contribution is 0.0953. The molecule has 0 bridgehead atoms. The lowest BCUT2D eigenvalue weighted by atomic mass is 10.1. The number of hydrogen-bond acceptors (Lipinski definition) is 3. The van der Waals surface area contributed by atoms with E-state index in [0.29, 0.717) is 23.2 Å². The van der Waals surface area contributed by atoms with Crippen molar-refractivity contribution in [1.29, 1.82) is 0 Å². The van der Waals surface area contributed by atoms with Crippen LogP contribution >= 0.6 is 0 Å². The van der Waals surface area contributed by atoms with E-state index in [9.17, 15) is 9.18 Å². The van der Waals surface area contributed by atoms with Gasteiger partial charge in [-0.25, -0.2) is 9.07 Å². The van der Waals surface area contributed by atoms with Crippen molar-refractivity contribution in [2.24, 2.45) is 0 Å². The molecule has 0 aliphatic heterocycles. The lowest BCUT2D eigenvalue weighted by Crippen LogP contribution is -2.25. The summed E-state index contributed by atoms with van der Waals surface area (Å²) >= 11 is 0. The van der Waals surface area contributed by atoms with E-state index < -0.39 is 0 Å². The number of amides is 1. The van der Waals surface area contributed by atoms with Gasteiger partial charge in [0, 0.05) is 36.3 Å². The van der Waals surface area contributed by atoms with Crippen molar-refractivity contribution < 1.29 is 9.18 Å². The summed E-state index contributed by atoms with van der Waals surface area (Å²) in [5.74, 6) is 5.65. The second kappa shape index (κ2) is 9.55. The van der Waals surface area contributed by atoms with Gasteiger partial charge in [-0.3, -0.25) is 9.89 Å². The quantitative estimate of drug-likeness (QED) is 0.375. The molecule has 0 saturated heterocycles. The lowest BCUT2D eigenvalue weighted by Gasteiger charge is -2.09. The summed E-state index contributed by atoms with van der Waals surface area (Å²) in [7, 11) is 0. The van der Waals surface area contributed by atoms with Crippen LogP contribution in [0.5, 0.6) is 0 Å². The van der Waals surface area contributed by atoms with E-state index in [-0.39, 0.29) is 11.7 Å². The number of hydrogen-bond donors (Lipinski definition) is 2. The van der Waals surface area contributed by atoms with Crippen molar-refractivity contribution in [3.8, 4) is 17.5 Å². The van der Waals surface area contributed by atoms with Crippen molar-refractivity contribution >= 4 is 5.91 Å². The van der Waals surface area contributed by atoms with E-state index in [4.69, 9.17) is 0 Å². The number of nitrogens with one attached hydrogen (secondary N) is 2. The van der Waals surface area contributed by atoms with Crippen molar-refractivity contribution in [2.45, 2.75) is 12.8 Å². The fourth-order valence-corrected chi connectivity index (χ4v) is 3.07. The first-order valence-electron chi connectivity index (χ1n) is 9.86. The third-order valence-electron chi connectivity index (χ3n) is 4.68. The number of carbonyl (C=O) groups excluding carboxylic acids is 1. The van der Waals surface area contributed by atoms with Gasteiger partial charge in [-0.15, -0.1) is 0 Å². The summed E-state index contributed by atoms with van der Waals surface area (Å²) in [6.45, 7) is 0.557. The van der Waals surface area contributed by atoms with Crippen LogP contribution in [0.3, 0.4) is 0 Å². The second-order valence-electron chi connectivity index (χ2n) is 6.91. The smallest absolute Gasteiger partial charge is 0.251 e. The highest BCUT2D eigenvalue weighted by molar-refractivity contribution is 5.95. The summed E-state index contributed by atoms with van der Waals surface area (Å²) < 4.78 is 14.8. The molecule has 0 fully saturated rings.